The van der Waals surface area contributed by atoms with E-state index in [-0.39, 0.29) is 0 Å². The van der Waals surface area contributed by atoms with Crippen LogP contribution in [0.5, 0.6) is 5.75 Å². The summed E-state index contributed by atoms with van der Waals surface area (Å²) in [7, 11) is 3.74. The Morgan fingerprint density at radius 2 is 1.95 bits per heavy atom. The number of hydrogen-bond acceptors (Lipinski definition) is 2. The van der Waals surface area contributed by atoms with Gasteiger partial charge in [0.25, 0.3) is 0 Å². The molecule has 2 aromatic carbocycles. The molecule has 19 heavy (non-hydrogen) atoms. The third-order valence-corrected chi connectivity index (χ3v) is 4.57. The zero-order chi connectivity index (χ0) is 13.5. The second kappa shape index (κ2) is 4.53. The lowest BCUT2D eigenvalue weighted by Gasteiger charge is -2.13. The summed E-state index contributed by atoms with van der Waals surface area (Å²) in [4.78, 5) is 0. The maximum atomic E-state index is 5.27. The highest BCUT2D eigenvalue weighted by molar-refractivity contribution is 5.85. The number of fused-ring (bicyclic) bond motifs is 1. The van der Waals surface area contributed by atoms with Crippen LogP contribution in [0.2, 0.25) is 0 Å². The topological polar surface area (TPSA) is 21.3 Å². The minimum Gasteiger partial charge on any atom is -0.497 e. The Hall–Kier alpha value is -1.54. The molecule has 0 amide bonds. The maximum Gasteiger partial charge on any atom is 0.119 e. The SMILES string of the molecule is CNCC1CC1(C)c1ccc2cc(OC)ccc2c1. The fraction of sp³-hybridized carbons (Fsp3) is 0.412. The van der Waals surface area contributed by atoms with Crippen LogP contribution < -0.4 is 10.1 Å². The van der Waals surface area contributed by atoms with E-state index in [4.69, 9.17) is 4.74 Å². The Morgan fingerprint density at radius 3 is 2.68 bits per heavy atom. The van der Waals surface area contributed by atoms with E-state index < -0.39 is 0 Å². The molecule has 1 aliphatic rings. The first-order valence-electron chi connectivity index (χ1n) is 6.90. The van der Waals surface area contributed by atoms with Gasteiger partial charge in [-0.05, 0) is 59.8 Å². The molecule has 0 bridgehead atoms. The monoisotopic (exact) mass is 255 g/mol. The molecule has 2 unspecified atom stereocenters. The van der Waals surface area contributed by atoms with Crippen molar-refractivity contribution in [3.8, 4) is 5.75 Å². The summed E-state index contributed by atoms with van der Waals surface area (Å²) in [5.74, 6) is 1.69. The molecule has 0 saturated heterocycles. The second-order valence-corrected chi connectivity index (χ2v) is 5.80. The van der Waals surface area contributed by atoms with Crippen LogP contribution in [0.25, 0.3) is 10.8 Å². The van der Waals surface area contributed by atoms with Crippen molar-refractivity contribution in [2.45, 2.75) is 18.8 Å². The zero-order valence-corrected chi connectivity index (χ0v) is 11.9. The molecule has 0 spiro atoms. The highest BCUT2D eigenvalue weighted by Crippen LogP contribution is 2.53. The van der Waals surface area contributed by atoms with E-state index in [2.05, 4.69) is 42.6 Å². The fourth-order valence-electron chi connectivity index (χ4n) is 3.06. The van der Waals surface area contributed by atoms with E-state index >= 15 is 0 Å². The van der Waals surface area contributed by atoms with Crippen LogP contribution in [0.1, 0.15) is 18.9 Å². The van der Waals surface area contributed by atoms with E-state index in [0.29, 0.717) is 5.41 Å². The van der Waals surface area contributed by atoms with E-state index in [0.717, 1.165) is 18.2 Å². The van der Waals surface area contributed by atoms with Crippen LogP contribution in [-0.2, 0) is 5.41 Å². The van der Waals surface area contributed by atoms with Gasteiger partial charge in [0.1, 0.15) is 5.75 Å². The molecule has 0 aromatic heterocycles. The summed E-state index contributed by atoms with van der Waals surface area (Å²) in [6.07, 6.45) is 1.29. The average Bonchev–Trinajstić information content (AvgIpc) is 3.10. The number of rotatable bonds is 4. The van der Waals surface area contributed by atoms with Gasteiger partial charge in [0.2, 0.25) is 0 Å². The fourth-order valence-corrected chi connectivity index (χ4v) is 3.06. The van der Waals surface area contributed by atoms with Gasteiger partial charge >= 0.3 is 0 Å². The Labute approximate surface area is 114 Å². The summed E-state index contributed by atoms with van der Waals surface area (Å²) in [5, 5.41) is 5.84. The molecule has 2 atom stereocenters. The number of methoxy groups -OCH3 is 1. The Morgan fingerprint density at radius 1 is 1.21 bits per heavy atom. The van der Waals surface area contributed by atoms with Gasteiger partial charge in [-0.25, -0.2) is 0 Å². The molecular weight excluding hydrogens is 234 g/mol. The summed E-state index contributed by atoms with van der Waals surface area (Å²) in [5.41, 5.74) is 1.82. The van der Waals surface area contributed by atoms with E-state index in [9.17, 15) is 0 Å². The minimum absolute atomic E-state index is 0.358. The molecule has 1 fully saturated rings. The van der Waals surface area contributed by atoms with Crippen molar-refractivity contribution in [3.63, 3.8) is 0 Å². The molecule has 100 valence electrons. The molecule has 3 rings (SSSR count). The zero-order valence-electron chi connectivity index (χ0n) is 11.9. The van der Waals surface area contributed by atoms with Crippen molar-refractivity contribution in [3.05, 3.63) is 42.0 Å². The van der Waals surface area contributed by atoms with Gasteiger partial charge in [-0.2, -0.15) is 0 Å². The van der Waals surface area contributed by atoms with Crippen molar-refractivity contribution in [1.29, 1.82) is 0 Å². The molecule has 1 aliphatic carbocycles. The van der Waals surface area contributed by atoms with Gasteiger partial charge in [0.05, 0.1) is 7.11 Å². The summed E-state index contributed by atoms with van der Waals surface area (Å²) in [6.45, 7) is 3.48. The van der Waals surface area contributed by atoms with E-state index in [1.165, 1.54) is 22.8 Å². The van der Waals surface area contributed by atoms with Crippen LogP contribution >= 0.6 is 0 Å². The lowest BCUT2D eigenvalue weighted by molar-refractivity contribution is 0.415. The van der Waals surface area contributed by atoms with Gasteiger partial charge in [-0.1, -0.05) is 31.2 Å². The lowest BCUT2D eigenvalue weighted by Crippen LogP contribution is -2.15. The first-order valence-corrected chi connectivity index (χ1v) is 6.90. The lowest BCUT2D eigenvalue weighted by atomic mass is 9.93. The van der Waals surface area contributed by atoms with Crippen LogP contribution in [0.15, 0.2) is 36.4 Å². The molecule has 2 heteroatoms. The smallest absolute Gasteiger partial charge is 0.119 e. The number of hydrogen-bond donors (Lipinski definition) is 1. The Bertz CT molecular complexity index is 607. The third-order valence-electron chi connectivity index (χ3n) is 4.57. The molecule has 0 aliphatic heterocycles. The maximum absolute atomic E-state index is 5.27. The quantitative estimate of drug-likeness (QED) is 0.904. The largest absolute Gasteiger partial charge is 0.497 e. The first kappa shape index (κ1) is 12.5. The van der Waals surface area contributed by atoms with Gasteiger partial charge in [0, 0.05) is 0 Å². The average molecular weight is 255 g/mol. The normalized spacial score (nSPS) is 25.5. The van der Waals surface area contributed by atoms with Crippen LogP contribution in [0, 0.1) is 5.92 Å². The predicted molar refractivity (Wildman–Crippen MR) is 79.9 cm³/mol. The van der Waals surface area contributed by atoms with Gasteiger partial charge in [0.15, 0.2) is 0 Å². The summed E-state index contributed by atoms with van der Waals surface area (Å²) < 4.78 is 5.27. The van der Waals surface area contributed by atoms with Crippen molar-refractivity contribution in [2.75, 3.05) is 20.7 Å². The predicted octanol–water partition coefficient (Wildman–Crippen LogP) is 3.35. The molecule has 2 aromatic rings. The number of benzene rings is 2. The highest BCUT2D eigenvalue weighted by Gasteiger charge is 2.50. The Balaban J connectivity index is 1.95. The van der Waals surface area contributed by atoms with E-state index in [1.54, 1.807) is 7.11 Å². The van der Waals surface area contributed by atoms with E-state index in [1.807, 2.05) is 13.1 Å². The van der Waals surface area contributed by atoms with Crippen LogP contribution in [-0.4, -0.2) is 20.7 Å². The van der Waals surface area contributed by atoms with Crippen molar-refractivity contribution in [1.82, 2.24) is 5.32 Å². The van der Waals surface area contributed by atoms with Crippen LogP contribution in [0.4, 0.5) is 0 Å². The van der Waals surface area contributed by atoms with Crippen molar-refractivity contribution >= 4 is 10.8 Å². The second-order valence-electron chi connectivity index (χ2n) is 5.80. The van der Waals surface area contributed by atoms with Gasteiger partial charge in [-0.3, -0.25) is 0 Å². The molecule has 1 N–H and O–H groups in total. The minimum atomic E-state index is 0.358. The Kier molecular flexibility index (Phi) is 2.98. The van der Waals surface area contributed by atoms with Crippen LogP contribution in [0.3, 0.4) is 0 Å². The van der Waals surface area contributed by atoms with Crippen molar-refractivity contribution < 1.29 is 4.74 Å². The standard InChI is InChI=1S/C17H21NO/c1-17(10-15(17)11-18-2)14-6-4-13-9-16(19-3)7-5-12(13)8-14/h4-9,15,18H,10-11H2,1-3H3. The molecule has 0 radical (unpaired) electrons. The molecule has 2 nitrogen and oxygen atoms in total. The molecule has 1 saturated carbocycles. The third kappa shape index (κ3) is 2.10. The van der Waals surface area contributed by atoms with Gasteiger partial charge < -0.3 is 10.1 Å². The number of ether oxygens (including phenoxy) is 1. The van der Waals surface area contributed by atoms with Gasteiger partial charge in [-0.15, -0.1) is 0 Å². The first-order chi connectivity index (χ1) is 9.17. The van der Waals surface area contributed by atoms with Crippen molar-refractivity contribution in [2.24, 2.45) is 5.92 Å². The summed E-state index contributed by atoms with van der Waals surface area (Å²) in [6, 6.07) is 13.1. The highest BCUT2D eigenvalue weighted by atomic mass is 16.5. The number of nitrogens with one attached hydrogen (secondary N) is 1. The molecule has 0 heterocycles. The summed E-state index contributed by atoms with van der Waals surface area (Å²) >= 11 is 0. The molecular formula is C17H21NO.